The van der Waals surface area contributed by atoms with E-state index in [1.165, 1.54) is 0 Å². The van der Waals surface area contributed by atoms with E-state index in [4.69, 9.17) is 4.42 Å². The zero-order valence-electron chi connectivity index (χ0n) is 13.7. The molecule has 1 aromatic carbocycles. The first kappa shape index (κ1) is 15.7. The van der Waals surface area contributed by atoms with Crippen LogP contribution in [0.25, 0.3) is 22.4 Å². The Morgan fingerprint density at radius 3 is 3.08 bits per heavy atom. The predicted octanol–water partition coefficient (Wildman–Crippen LogP) is 2.79. The monoisotopic (exact) mass is 343 g/mol. The lowest BCUT2D eigenvalue weighted by atomic mass is 10.0. The summed E-state index contributed by atoms with van der Waals surface area (Å²) >= 11 is 1.81. The minimum atomic E-state index is -0.577. The standard InChI is InChI=1S/C18H21N3O2S/c1-21-10-14(9-19-11-18(22)6-7-24-12-18)17(20-21)16-8-13-4-2-3-5-15(13)23-16/h2-5,8,10,19,22H,6-7,9,11-12H2,1H3. The summed E-state index contributed by atoms with van der Waals surface area (Å²) in [6, 6.07) is 10.0. The van der Waals surface area contributed by atoms with E-state index in [2.05, 4.69) is 10.4 Å². The van der Waals surface area contributed by atoms with Crippen molar-refractivity contribution in [3.05, 3.63) is 42.1 Å². The Hall–Kier alpha value is -1.76. The number of benzene rings is 1. The normalized spacial score (nSPS) is 20.9. The van der Waals surface area contributed by atoms with E-state index in [0.717, 1.165) is 45.9 Å². The molecule has 0 aliphatic carbocycles. The van der Waals surface area contributed by atoms with Gasteiger partial charge in [0.2, 0.25) is 0 Å². The van der Waals surface area contributed by atoms with Crippen LogP contribution in [0.1, 0.15) is 12.0 Å². The van der Waals surface area contributed by atoms with Crippen LogP contribution in [-0.2, 0) is 13.6 Å². The SMILES string of the molecule is Cn1cc(CNCC2(O)CCSC2)c(-c2cc3ccccc3o2)n1. The van der Waals surface area contributed by atoms with Gasteiger partial charge in [-0.2, -0.15) is 16.9 Å². The smallest absolute Gasteiger partial charge is 0.156 e. The first-order valence-corrected chi connectivity index (χ1v) is 9.31. The van der Waals surface area contributed by atoms with Gasteiger partial charge in [0.1, 0.15) is 11.3 Å². The molecule has 1 aliphatic heterocycles. The van der Waals surface area contributed by atoms with Crippen molar-refractivity contribution >= 4 is 22.7 Å². The van der Waals surface area contributed by atoms with E-state index >= 15 is 0 Å². The highest BCUT2D eigenvalue weighted by Gasteiger charge is 2.31. The molecule has 1 fully saturated rings. The number of thioether (sulfide) groups is 1. The third kappa shape index (κ3) is 3.09. The maximum atomic E-state index is 10.4. The molecule has 3 aromatic rings. The molecule has 2 aromatic heterocycles. The summed E-state index contributed by atoms with van der Waals surface area (Å²) in [5.41, 5.74) is 2.22. The van der Waals surface area contributed by atoms with Crippen LogP contribution >= 0.6 is 11.8 Å². The predicted molar refractivity (Wildman–Crippen MR) is 97.0 cm³/mol. The lowest BCUT2D eigenvalue weighted by molar-refractivity contribution is 0.0675. The van der Waals surface area contributed by atoms with E-state index in [1.54, 1.807) is 4.68 Å². The second-order valence-electron chi connectivity index (χ2n) is 6.46. The Morgan fingerprint density at radius 2 is 2.29 bits per heavy atom. The number of aryl methyl sites for hydroxylation is 1. The summed E-state index contributed by atoms with van der Waals surface area (Å²) in [6.45, 7) is 1.27. The summed E-state index contributed by atoms with van der Waals surface area (Å²) in [5, 5.41) is 19.5. The molecule has 0 radical (unpaired) electrons. The number of rotatable bonds is 5. The number of nitrogens with zero attached hydrogens (tertiary/aromatic N) is 2. The van der Waals surface area contributed by atoms with Crippen LogP contribution in [0, 0.1) is 0 Å². The first-order valence-electron chi connectivity index (χ1n) is 8.15. The van der Waals surface area contributed by atoms with Crippen molar-refractivity contribution < 1.29 is 9.52 Å². The largest absolute Gasteiger partial charge is 0.454 e. The number of para-hydroxylation sites is 1. The van der Waals surface area contributed by atoms with Gasteiger partial charge < -0.3 is 14.8 Å². The molecule has 1 aliphatic rings. The molecule has 1 atom stereocenters. The van der Waals surface area contributed by atoms with Crippen molar-refractivity contribution in [3.63, 3.8) is 0 Å². The number of aromatic nitrogens is 2. The van der Waals surface area contributed by atoms with Gasteiger partial charge in [-0.05, 0) is 24.3 Å². The van der Waals surface area contributed by atoms with Gasteiger partial charge in [-0.25, -0.2) is 0 Å². The third-order valence-corrected chi connectivity index (χ3v) is 5.65. The molecule has 0 bridgehead atoms. The maximum Gasteiger partial charge on any atom is 0.156 e. The average molecular weight is 343 g/mol. The molecular formula is C18H21N3O2S. The van der Waals surface area contributed by atoms with Gasteiger partial charge in [0.25, 0.3) is 0 Å². The summed E-state index contributed by atoms with van der Waals surface area (Å²) in [6.07, 6.45) is 2.86. The molecule has 126 valence electrons. The topological polar surface area (TPSA) is 63.2 Å². The fraction of sp³-hybridized carbons (Fsp3) is 0.389. The molecule has 0 amide bonds. The molecule has 3 heterocycles. The Bertz CT molecular complexity index is 816. The zero-order chi connectivity index (χ0) is 16.6. The Balaban J connectivity index is 1.54. The second kappa shape index (κ2) is 6.27. The number of nitrogens with one attached hydrogen (secondary N) is 1. The summed E-state index contributed by atoms with van der Waals surface area (Å²) in [4.78, 5) is 0. The van der Waals surface area contributed by atoms with E-state index in [0.29, 0.717) is 13.1 Å². The van der Waals surface area contributed by atoms with Crippen LogP contribution in [0.5, 0.6) is 0 Å². The second-order valence-corrected chi connectivity index (χ2v) is 7.56. The van der Waals surface area contributed by atoms with Crippen molar-refractivity contribution in [3.8, 4) is 11.5 Å². The lowest BCUT2D eigenvalue weighted by Gasteiger charge is -2.21. The zero-order valence-corrected chi connectivity index (χ0v) is 14.5. The molecule has 0 spiro atoms. The number of hydrogen-bond acceptors (Lipinski definition) is 5. The Morgan fingerprint density at radius 1 is 1.42 bits per heavy atom. The van der Waals surface area contributed by atoms with Crippen LogP contribution < -0.4 is 5.32 Å². The molecule has 2 N–H and O–H groups in total. The minimum Gasteiger partial charge on any atom is -0.454 e. The molecule has 5 nitrogen and oxygen atoms in total. The van der Waals surface area contributed by atoms with Crippen molar-refractivity contribution in [2.45, 2.75) is 18.6 Å². The quantitative estimate of drug-likeness (QED) is 0.746. The summed E-state index contributed by atoms with van der Waals surface area (Å²) in [7, 11) is 1.91. The lowest BCUT2D eigenvalue weighted by Crippen LogP contribution is -2.40. The highest BCUT2D eigenvalue weighted by atomic mass is 32.2. The first-order chi connectivity index (χ1) is 11.6. The fourth-order valence-electron chi connectivity index (χ4n) is 3.14. The molecule has 6 heteroatoms. The van der Waals surface area contributed by atoms with Crippen LogP contribution in [0.4, 0.5) is 0 Å². The van der Waals surface area contributed by atoms with Gasteiger partial charge in [-0.1, -0.05) is 18.2 Å². The van der Waals surface area contributed by atoms with E-state index < -0.39 is 5.60 Å². The van der Waals surface area contributed by atoms with Crippen LogP contribution in [0.3, 0.4) is 0 Å². The van der Waals surface area contributed by atoms with Crippen molar-refractivity contribution in [1.29, 1.82) is 0 Å². The van der Waals surface area contributed by atoms with Crippen LogP contribution in [0.2, 0.25) is 0 Å². The number of furan rings is 1. The van der Waals surface area contributed by atoms with Crippen molar-refractivity contribution in [2.75, 3.05) is 18.1 Å². The van der Waals surface area contributed by atoms with Crippen LogP contribution in [0.15, 0.2) is 40.9 Å². The summed E-state index contributed by atoms with van der Waals surface area (Å²) in [5.74, 6) is 2.63. The number of fused-ring (bicyclic) bond motifs is 1. The average Bonchev–Trinajstić information content (AvgIpc) is 3.25. The molecule has 24 heavy (non-hydrogen) atoms. The molecule has 1 unspecified atom stereocenters. The number of aliphatic hydroxyl groups is 1. The van der Waals surface area contributed by atoms with Crippen molar-refractivity contribution in [1.82, 2.24) is 15.1 Å². The Labute approximate surface area is 145 Å². The van der Waals surface area contributed by atoms with Gasteiger partial charge in [0.15, 0.2) is 5.76 Å². The third-order valence-electron chi connectivity index (χ3n) is 4.42. The highest BCUT2D eigenvalue weighted by molar-refractivity contribution is 7.99. The van der Waals surface area contributed by atoms with Gasteiger partial charge in [0.05, 0.1) is 5.60 Å². The number of hydrogen-bond donors (Lipinski definition) is 2. The molecular weight excluding hydrogens is 322 g/mol. The summed E-state index contributed by atoms with van der Waals surface area (Å²) < 4.78 is 7.76. The van der Waals surface area contributed by atoms with Gasteiger partial charge in [-0.15, -0.1) is 0 Å². The fourth-order valence-corrected chi connectivity index (χ4v) is 4.43. The molecule has 1 saturated heterocycles. The van der Waals surface area contributed by atoms with E-state index in [9.17, 15) is 5.11 Å². The van der Waals surface area contributed by atoms with Crippen molar-refractivity contribution in [2.24, 2.45) is 7.05 Å². The van der Waals surface area contributed by atoms with Gasteiger partial charge >= 0.3 is 0 Å². The Kier molecular flexibility index (Phi) is 4.12. The minimum absolute atomic E-state index is 0.577. The highest BCUT2D eigenvalue weighted by Crippen LogP contribution is 2.30. The van der Waals surface area contributed by atoms with Crippen LogP contribution in [-0.4, -0.2) is 38.5 Å². The maximum absolute atomic E-state index is 10.4. The van der Waals surface area contributed by atoms with E-state index in [-0.39, 0.29) is 0 Å². The molecule has 0 saturated carbocycles. The van der Waals surface area contributed by atoms with Gasteiger partial charge in [0, 0.05) is 43.0 Å². The molecule has 4 rings (SSSR count). The van der Waals surface area contributed by atoms with Gasteiger partial charge in [-0.3, -0.25) is 4.68 Å². The van der Waals surface area contributed by atoms with E-state index in [1.807, 2.05) is 55.3 Å².